The molecule has 2 aromatic carbocycles. The maximum atomic E-state index is 13.7. The van der Waals surface area contributed by atoms with Crippen LogP contribution in [-0.4, -0.2) is 83.8 Å². The lowest BCUT2D eigenvalue weighted by Gasteiger charge is -2.36. The van der Waals surface area contributed by atoms with E-state index in [1.54, 1.807) is 6.07 Å². The second-order valence-electron chi connectivity index (χ2n) is 10.5. The van der Waals surface area contributed by atoms with E-state index in [1.807, 2.05) is 12.1 Å². The highest BCUT2D eigenvalue weighted by Crippen LogP contribution is 2.37. The van der Waals surface area contributed by atoms with Gasteiger partial charge >= 0.3 is 5.97 Å². The van der Waals surface area contributed by atoms with E-state index in [2.05, 4.69) is 25.1 Å². The predicted molar refractivity (Wildman–Crippen MR) is 150 cm³/mol. The number of fused-ring (bicyclic) bond motifs is 1. The first-order chi connectivity index (χ1) is 19.5. The summed E-state index contributed by atoms with van der Waals surface area (Å²) >= 11 is 5.98. The van der Waals surface area contributed by atoms with Crippen molar-refractivity contribution < 1.29 is 23.4 Å². The molecule has 1 N–H and O–H groups in total. The molecule has 0 amide bonds. The number of carbonyl (C=O) groups excluding carboxylic acids is 1. The SMILES string of the molecule is O=C1OCCC1N1CCN(CCOc2cc3ncnc(Nc4ccc(F)c(Cl)c4)c3cc2OC2CCCC2)CC1. The van der Waals surface area contributed by atoms with Gasteiger partial charge < -0.3 is 19.5 Å². The Morgan fingerprint density at radius 2 is 1.88 bits per heavy atom. The van der Waals surface area contributed by atoms with Crippen LogP contribution in [0.25, 0.3) is 10.9 Å². The number of piperazine rings is 1. The van der Waals surface area contributed by atoms with Gasteiger partial charge in [-0.25, -0.2) is 14.4 Å². The second-order valence-corrected chi connectivity index (χ2v) is 10.9. The first-order valence-electron chi connectivity index (χ1n) is 14.0. The quantitative estimate of drug-likeness (QED) is 0.365. The summed E-state index contributed by atoms with van der Waals surface area (Å²) in [5.41, 5.74) is 1.33. The summed E-state index contributed by atoms with van der Waals surface area (Å²) in [6, 6.07) is 8.19. The maximum absolute atomic E-state index is 13.7. The summed E-state index contributed by atoms with van der Waals surface area (Å²) in [7, 11) is 0. The fourth-order valence-electron chi connectivity index (χ4n) is 5.67. The molecule has 0 bridgehead atoms. The lowest BCUT2D eigenvalue weighted by atomic mass is 10.2. The highest BCUT2D eigenvalue weighted by Gasteiger charge is 2.34. The Morgan fingerprint density at radius 3 is 2.62 bits per heavy atom. The topological polar surface area (TPSA) is 89.1 Å². The zero-order chi connectivity index (χ0) is 27.5. The standard InChI is InChI=1S/C29H33ClFN5O4/c30-22-15-19(5-6-23(22)31)34-28-21-16-27(40-20-3-1-2-4-20)26(17-24(21)32-18-33-28)38-14-12-35-8-10-36(11-9-35)25-7-13-39-29(25)37/h5-6,15-18,20,25H,1-4,7-14H2,(H,32,33,34). The van der Waals surface area contributed by atoms with Crippen molar-refractivity contribution in [2.75, 3.05) is 51.3 Å². The van der Waals surface area contributed by atoms with Crippen molar-refractivity contribution in [1.82, 2.24) is 19.8 Å². The van der Waals surface area contributed by atoms with Gasteiger partial charge in [0.1, 0.15) is 30.6 Å². The summed E-state index contributed by atoms with van der Waals surface area (Å²) in [5, 5.41) is 4.03. The lowest BCUT2D eigenvalue weighted by Crippen LogP contribution is -2.52. The largest absolute Gasteiger partial charge is 0.488 e. The van der Waals surface area contributed by atoms with Gasteiger partial charge in [-0.3, -0.25) is 14.6 Å². The number of nitrogens with zero attached hydrogens (tertiary/aromatic N) is 4. The van der Waals surface area contributed by atoms with Crippen LogP contribution in [0.1, 0.15) is 32.1 Å². The van der Waals surface area contributed by atoms with Crippen molar-refractivity contribution in [3.05, 3.63) is 47.5 Å². The molecular weight excluding hydrogens is 537 g/mol. The number of rotatable bonds is 9. The Bertz CT molecular complexity index is 1360. The molecule has 3 heterocycles. The molecule has 2 saturated heterocycles. The second kappa shape index (κ2) is 12.1. The monoisotopic (exact) mass is 569 g/mol. The molecule has 1 aromatic heterocycles. The van der Waals surface area contributed by atoms with Gasteiger partial charge in [0.25, 0.3) is 0 Å². The molecule has 11 heteroatoms. The Morgan fingerprint density at radius 1 is 1.05 bits per heavy atom. The number of carbonyl (C=O) groups is 1. The van der Waals surface area contributed by atoms with Crippen molar-refractivity contribution in [3.8, 4) is 11.5 Å². The van der Waals surface area contributed by atoms with Crippen LogP contribution in [0.4, 0.5) is 15.9 Å². The number of hydrogen-bond donors (Lipinski definition) is 1. The normalized spacial score (nSPS) is 20.6. The Balaban J connectivity index is 1.15. The number of hydrogen-bond acceptors (Lipinski definition) is 9. The molecule has 0 spiro atoms. The van der Waals surface area contributed by atoms with Crippen LogP contribution in [0, 0.1) is 5.82 Å². The van der Waals surface area contributed by atoms with E-state index in [1.165, 1.54) is 18.5 Å². The minimum Gasteiger partial charge on any atom is -0.488 e. The molecule has 1 saturated carbocycles. The first kappa shape index (κ1) is 27.0. The molecule has 1 unspecified atom stereocenters. The number of halogens is 2. The predicted octanol–water partition coefficient (Wildman–Crippen LogP) is 4.80. The number of anilines is 2. The molecule has 1 atom stereocenters. The van der Waals surface area contributed by atoms with Crippen molar-refractivity contribution in [1.29, 1.82) is 0 Å². The van der Waals surface area contributed by atoms with Crippen LogP contribution >= 0.6 is 11.6 Å². The molecule has 3 aliphatic rings. The van der Waals surface area contributed by atoms with E-state index in [4.69, 9.17) is 25.8 Å². The number of esters is 1. The van der Waals surface area contributed by atoms with E-state index in [9.17, 15) is 9.18 Å². The molecule has 3 aromatic rings. The summed E-state index contributed by atoms with van der Waals surface area (Å²) in [6.45, 7) is 5.25. The molecule has 1 aliphatic carbocycles. The third-order valence-corrected chi connectivity index (χ3v) is 8.19. The maximum Gasteiger partial charge on any atom is 0.323 e. The van der Waals surface area contributed by atoms with Gasteiger partial charge in [-0.05, 0) is 49.9 Å². The Hall–Kier alpha value is -3.21. The number of aromatic nitrogens is 2. The van der Waals surface area contributed by atoms with Crippen LogP contribution < -0.4 is 14.8 Å². The van der Waals surface area contributed by atoms with Crippen molar-refractivity contribution in [3.63, 3.8) is 0 Å². The molecule has 212 valence electrons. The van der Waals surface area contributed by atoms with E-state index in [0.29, 0.717) is 41.7 Å². The molecule has 40 heavy (non-hydrogen) atoms. The summed E-state index contributed by atoms with van der Waals surface area (Å²) in [5.74, 6) is 1.32. The van der Waals surface area contributed by atoms with Crippen molar-refractivity contribution in [2.24, 2.45) is 0 Å². The lowest BCUT2D eigenvalue weighted by molar-refractivity contribution is -0.142. The molecule has 6 rings (SSSR count). The highest BCUT2D eigenvalue weighted by atomic mass is 35.5. The molecular formula is C29H33ClFN5O4. The van der Waals surface area contributed by atoms with Gasteiger partial charge in [0, 0.05) is 56.3 Å². The van der Waals surface area contributed by atoms with E-state index < -0.39 is 5.82 Å². The highest BCUT2D eigenvalue weighted by molar-refractivity contribution is 6.31. The summed E-state index contributed by atoms with van der Waals surface area (Å²) < 4.78 is 31.5. The van der Waals surface area contributed by atoms with Crippen LogP contribution in [0.5, 0.6) is 11.5 Å². The van der Waals surface area contributed by atoms with Gasteiger partial charge in [0.2, 0.25) is 0 Å². The summed E-state index contributed by atoms with van der Waals surface area (Å²) in [4.78, 5) is 25.4. The third kappa shape index (κ3) is 6.09. The Labute approximate surface area is 237 Å². The molecule has 3 fully saturated rings. The fraction of sp³-hybridized carbons (Fsp3) is 0.483. The van der Waals surface area contributed by atoms with Crippen molar-refractivity contribution >= 4 is 40.0 Å². The first-order valence-corrected chi connectivity index (χ1v) is 14.3. The number of benzene rings is 2. The fourth-order valence-corrected chi connectivity index (χ4v) is 5.85. The molecule has 2 aliphatic heterocycles. The zero-order valence-electron chi connectivity index (χ0n) is 22.3. The van der Waals surface area contributed by atoms with Gasteiger partial charge in [0.05, 0.1) is 23.3 Å². The van der Waals surface area contributed by atoms with E-state index in [-0.39, 0.29) is 23.1 Å². The van der Waals surface area contributed by atoms with Gasteiger partial charge in [0.15, 0.2) is 11.5 Å². The molecule has 0 radical (unpaired) electrons. The van der Waals surface area contributed by atoms with Crippen LogP contribution in [0.3, 0.4) is 0 Å². The van der Waals surface area contributed by atoms with E-state index >= 15 is 0 Å². The molecule has 9 nitrogen and oxygen atoms in total. The Kier molecular flexibility index (Phi) is 8.17. The minimum absolute atomic E-state index is 0.0340. The number of nitrogens with one attached hydrogen (secondary N) is 1. The van der Waals surface area contributed by atoms with E-state index in [0.717, 1.165) is 70.2 Å². The minimum atomic E-state index is -0.478. The van der Waals surface area contributed by atoms with Crippen molar-refractivity contribution in [2.45, 2.75) is 44.2 Å². The third-order valence-electron chi connectivity index (χ3n) is 7.90. The van der Waals surface area contributed by atoms with Gasteiger partial charge in [-0.2, -0.15) is 0 Å². The van der Waals surface area contributed by atoms with Gasteiger partial charge in [-0.15, -0.1) is 0 Å². The van der Waals surface area contributed by atoms with Crippen LogP contribution in [0.15, 0.2) is 36.7 Å². The number of cyclic esters (lactones) is 1. The zero-order valence-corrected chi connectivity index (χ0v) is 23.0. The number of ether oxygens (including phenoxy) is 3. The van der Waals surface area contributed by atoms with Gasteiger partial charge in [-0.1, -0.05) is 11.6 Å². The van der Waals surface area contributed by atoms with Crippen LogP contribution in [-0.2, 0) is 9.53 Å². The average molecular weight is 570 g/mol. The summed E-state index contributed by atoms with van der Waals surface area (Å²) in [6.07, 6.45) is 6.75. The average Bonchev–Trinajstić information content (AvgIpc) is 3.63. The van der Waals surface area contributed by atoms with Crippen LogP contribution in [0.2, 0.25) is 5.02 Å². The smallest absolute Gasteiger partial charge is 0.323 e.